The number of aliphatic hydroxyl groups is 2. The summed E-state index contributed by atoms with van der Waals surface area (Å²) in [4.78, 5) is 16.2. The number of hydrogen-bond acceptors (Lipinski definition) is 6. The predicted octanol–water partition coefficient (Wildman–Crippen LogP) is 2.99. The van der Waals surface area contributed by atoms with Crippen LogP contribution in [0.25, 0.3) is 0 Å². The summed E-state index contributed by atoms with van der Waals surface area (Å²) < 4.78 is 11.9. The molecule has 3 unspecified atom stereocenters. The fourth-order valence-electron chi connectivity index (χ4n) is 11.6. The number of fused-ring (bicyclic) bond motifs is 1. The molecule has 1 aromatic rings. The monoisotopic (exact) mass is 463 g/mol. The van der Waals surface area contributed by atoms with E-state index in [0.717, 1.165) is 37.8 Å². The molecule has 180 valence electrons. The third kappa shape index (κ3) is 1.77. The highest BCUT2D eigenvalue weighted by molar-refractivity contribution is 5.90. The van der Waals surface area contributed by atoms with Crippen molar-refractivity contribution in [2.75, 3.05) is 13.7 Å². The summed E-state index contributed by atoms with van der Waals surface area (Å²) in [5, 5.41) is 23.4. The standard InChI is InChI=1S/C28H33NO5/c1-14-17-11-18-21-26-10-4-9-25(2)13-29(21)28(24(25)26,12-27(18,22(14)31)20(26)19(17)30)34-23(32)15-5-7-16(33-3)8-6-15/h5-8,17-22,24,30-31H,1,4,9-13H2,2-3H3/t17-,18+,19+,20+,21?,22-,24-,25+,26+,27?,28+/m1/s1. The molecule has 0 radical (unpaired) electrons. The Kier molecular flexibility index (Phi) is 3.43. The molecule has 10 rings (SSSR count). The molecule has 0 amide bonds. The molecule has 2 N–H and O–H groups in total. The Bertz CT molecular complexity index is 1150. The van der Waals surface area contributed by atoms with Crippen LogP contribution in [0.3, 0.4) is 0 Å². The van der Waals surface area contributed by atoms with Crippen LogP contribution in [-0.2, 0) is 4.74 Å². The number of nitrogens with zero attached hydrogens (tertiary/aromatic N) is 1. The Morgan fingerprint density at radius 3 is 2.68 bits per heavy atom. The normalized spacial score (nSPS) is 56.8. The molecule has 9 bridgehead atoms. The summed E-state index contributed by atoms with van der Waals surface area (Å²) in [6.45, 7) is 7.58. The zero-order valence-electron chi connectivity index (χ0n) is 19.9. The van der Waals surface area contributed by atoms with Crippen LogP contribution in [-0.4, -0.2) is 58.7 Å². The van der Waals surface area contributed by atoms with E-state index in [1.165, 1.54) is 0 Å². The zero-order chi connectivity index (χ0) is 23.4. The highest BCUT2D eigenvalue weighted by Crippen LogP contribution is 2.89. The first-order chi connectivity index (χ1) is 16.2. The number of benzene rings is 1. The van der Waals surface area contributed by atoms with Crippen LogP contribution in [0.5, 0.6) is 5.75 Å². The van der Waals surface area contributed by atoms with Gasteiger partial charge in [-0.3, -0.25) is 4.90 Å². The van der Waals surface area contributed by atoms with E-state index >= 15 is 0 Å². The minimum atomic E-state index is -0.713. The molecular formula is C28H33NO5. The summed E-state index contributed by atoms with van der Waals surface area (Å²) in [5.41, 5.74) is 0.147. The van der Waals surface area contributed by atoms with Crippen LogP contribution in [0, 0.1) is 39.9 Å². The zero-order valence-corrected chi connectivity index (χ0v) is 19.9. The van der Waals surface area contributed by atoms with Crippen molar-refractivity contribution in [1.82, 2.24) is 4.90 Å². The summed E-state index contributed by atoms with van der Waals surface area (Å²) in [6, 6.07) is 7.40. The van der Waals surface area contributed by atoms with E-state index in [2.05, 4.69) is 18.4 Å². The average molecular weight is 464 g/mol. The highest BCUT2D eigenvalue weighted by atomic mass is 16.6. The molecule has 6 saturated carbocycles. The molecular weight excluding hydrogens is 430 g/mol. The Hall–Kier alpha value is -1.89. The van der Waals surface area contributed by atoms with Crippen molar-refractivity contribution in [1.29, 1.82) is 0 Å². The third-order valence-corrected chi connectivity index (χ3v) is 11.9. The molecule has 6 nitrogen and oxygen atoms in total. The van der Waals surface area contributed by atoms with Gasteiger partial charge in [-0.25, -0.2) is 4.79 Å². The van der Waals surface area contributed by atoms with E-state index in [1.54, 1.807) is 31.4 Å². The lowest BCUT2D eigenvalue weighted by atomic mass is 9.39. The molecule has 1 aromatic carbocycles. The summed E-state index contributed by atoms with van der Waals surface area (Å²) in [7, 11) is 1.61. The number of carbonyl (C=O) groups is 1. The van der Waals surface area contributed by atoms with Crippen molar-refractivity contribution < 1.29 is 24.5 Å². The lowest BCUT2D eigenvalue weighted by Crippen LogP contribution is -2.72. The third-order valence-electron chi connectivity index (χ3n) is 11.9. The van der Waals surface area contributed by atoms with Gasteiger partial charge >= 0.3 is 5.97 Å². The first-order valence-electron chi connectivity index (χ1n) is 12.9. The molecule has 3 aliphatic heterocycles. The van der Waals surface area contributed by atoms with Gasteiger partial charge in [0.05, 0.1) is 24.9 Å². The van der Waals surface area contributed by atoms with Crippen LogP contribution in [0.2, 0.25) is 0 Å². The first-order valence-corrected chi connectivity index (χ1v) is 12.9. The summed E-state index contributed by atoms with van der Waals surface area (Å²) >= 11 is 0. The van der Waals surface area contributed by atoms with Gasteiger partial charge in [-0.05, 0) is 60.4 Å². The number of aliphatic hydroxyl groups excluding tert-OH is 2. The fourth-order valence-corrected chi connectivity index (χ4v) is 11.6. The molecule has 3 saturated heterocycles. The minimum absolute atomic E-state index is 0.00465. The maximum Gasteiger partial charge on any atom is 0.339 e. The molecule has 9 aliphatic rings. The lowest BCUT2D eigenvalue weighted by molar-refractivity contribution is -0.271. The summed E-state index contributed by atoms with van der Waals surface area (Å²) in [6.07, 6.45) is 3.77. The van der Waals surface area contributed by atoms with E-state index in [1.807, 2.05) is 0 Å². The van der Waals surface area contributed by atoms with Gasteiger partial charge in [0.15, 0.2) is 5.72 Å². The van der Waals surface area contributed by atoms with Crippen molar-refractivity contribution >= 4 is 5.97 Å². The van der Waals surface area contributed by atoms with Crippen molar-refractivity contribution in [3.05, 3.63) is 42.0 Å². The Balaban J connectivity index is 1.29. The maximum atomic E-state index is 13.6. The number of piperidine rings is 2. The van der Waals surface area contributed by atoms with Crippen molar-refractivity contribution in [2.45, 2.75) is 63.0 Å². The largest absolute Gasteiger partial charge is 0.497 e. The van der Waals surface area contributed by atoms with E-state index in [4.69, 9.17) is 9.47 Å². The average Bonchev–Trinajstić information content (AvgIpc) is 3.21. The SMILES string of the molecule is C=C1[C@H]2C[C@H]3C4N5C[C@]6(C)CCC[C@]47[C@H]([C@H]2O)C3(C[C@]5(OC(=O)c2ccc(OC)cc2)[C@H]67)[C@@H]1O. The van der Waals surface area contributed by atoms with Gasteiger partial charge in [-0.2, -0.15) is 0 Å². The van der Waals surface area contributed by atoms with Crippen LogP contribution in [0.1, 0.15) is 49.4 Å². The number of rotatable bonds is 3. The van der Waals surface area contributed by atoms with Gasteiger partial charge in [0.1, 0.15) is 5.75 Å². The molecule has 0 aromatic heterocycles. The first kappa shape index (κ1) is 20.3. The van der Waals surface area contributed by atoms with Crippen LogP contribution >= 0.6 is 0 Å². The topological polar surface area (TPSA) is 79.2 Å². The van der Waals surface area contributed by atoms with Crippen molar-refractivity contribution in [2.24, 2.45) is 39.9 Å². The van der Waals surface area contributed by atoms with E-state index in [-0.39, 0.29) is 40.6 Å². The molecule has 2 spiro atoms. The van der Waals surface area contributed by atoms with Gasteiger partial charge in [-0.1, -0.05) is 19.9 Å². The maximum absolute atomic E-state index is 13.6. The van der Waals surface area contributed by atoms with Crippen LogP contribution in [0.4, 0.5) is 0 Å². The number of ether oxygens (including phenoxy) is 2. The Labute approximate surface area is 199 Å². The lowest BCUT2D eigenvalue weighted by Gasteiger charge is -2.67. The predicted molar refractivity (Wildman–Crippen MR) is 123 cm³/mol. The van der Waals surface area contributed by atoms with E-state index < -0.39 is 23.3 Å². The molecule has 9 fully saturated rings. The molecule has 12 atom stereocenters. The Morgan fingerprint density at radius 1 is 1.18 bits per heavy atom. The van der Waals surface area contributed by atoms with E-state index in [0.29, 0.717) is 23.7 Å². The second-order valence-corrected chi connectivity index (χ2v) is 12.8. The second kappa shape index (κ2) is 5.74. The smallest absolute Gasteiger partial charge is 0.339 e. The molecule has 6 heteroatoms. The fraction of sp³-hybridized carbons (Fsp3) is 0.679. The van der Waals surface area contributed by atoms with E-state index in [9.17, 15) is 15.0 Å². The number of hydrogen-bond donors (Lipinski definition) is 2. The molecule has 3 heterocycles. The van der Waals surface area contributed by atoms with Crippen molar-refractivity contribution in [3.63, 3.8) is 0 Å². The van der Waals surface area contributed by atoms with Crippen molar-refractivity contribution in [3.8, 4) is 5.75 Å². The van der Waals surface area contributed by atoms with Gasteiger partial charge < -0.3 is 19.7 Å². The molecule has 6 aliphatic carbocycles. The van der Waals surface area contributed by atoms with Gasteiger partial charge in [0, 0.05) is 47.6 Å². The van der Waals surface area contributed by atoms with Gasteiger partial charge in [-0.15, -0.1) is 0 Å². The number of carbonyl (C=O) groups excluding carboxylic acids is 1. The number of esters is 1. The number of methoxy groups -OCH3 is 1. The van der Waals surface area contributed by atoms with Crippen LogP contribution in [0.15, 0.2) is 36.4 Å². The quantitative estimate of drug-likeness (QED) is 0.530. The Morgan fingerprint density at radius 2 is 1.94 bits per heavy atom. The molecule has 34 heavy (non-hydrogen) atoms. The van der Waals surface area contributed by atoms with Crippen LogP contribution < -0.4 is 4.74 Å². The highest BCUT2D eigenvalue weighted by Gasteiger charge is 2.94. The van der Waals surface area contributed by atoms with Gasteiger partial charge in [0.25, 0.3) is 0 Å². The van der Waals surface area contributed by atoms with Gasteiger partial charge in [0.2, 0.25) is 0 Å². The summed E-state index contributed by atoms with van der Waals surface area (Å²) in [5.74, 6) is 1.00. The second-order valence-electron chi connectivity index (χ2n) is 12.8. The minimum Gasteiger partial charge on any atom is -0.497 e.